The van der Waals surface area contributed by atoms with Crippen LogP contribution in [-0.4, -0.2) is 28.5 Å². The van der Waals surface area contributed by atoms with Gasteiger partial charge in [0.2, 0.25) is 11.8 Å². The van der Waals surface area contributed by atoms with Crippen LogP contribution in [0.1, 0.15) is 17.7 Å². The Morgan fingerprint density at radius 2 is 2.04 bits per heavy atom. The monoisotopic (exact) mass is 372 g/mol. The molecule has 0 aliphatic carbocycles. The molecule has 3 aromatic rings. The normalized spacial score (nSPS) is 10.7. The van der Waals surface area contributed by atoms with E-state index in [1.54, 1.807) is 25.1 Å². The van der Waals surface area contributed by atoms with E-state index in [1.165, 1.54) is 12.1 Å². The Morgan fingerprint density at radius 1 is 1.22 bits per heavy atom. The zero-order chi connectivity index (χ0) is 19.4. The van der Waals surface area contributed by atoms with E-state index in [1.807, 2.05) is 0 Å². The number of anilines is 1. The second-order valence-electron chi connectivity index (χ2n) is 6.00. The Balaban J connectivity index is 1.52. The van der Waals surface area contributed by atoms with Crippen molar-refractivity contribution < 1.29 is 18.5 Å². The second-order valence-corrected chi connectivity index (χ2v) is 6.00. The second kappa shape index (κ2) is 7.81. The predicted octanol–water partition coefficient (Wildman–Crippen LogP) is 1.65. The van der Waals surface area contributed by atoms with Gasteiger partial charge in [0, 0.05) is 18.1 Å². The summed E-state index contributed by atoms with van der Waals surface area (Å²) in [7, 11) is 0. The van der Waals surface area contributed by atoms with Gasteiger partial charge in [0.25, 0.3) is 5.56 Å². The van der Waals surface area contributed by atoms with Gasteiger partial charge in [-0.1, -0.05) is 5.16 Å². The van der Waals surface area contributed by atoms with Crippen molar-refractivity contribution in [1.82, 2.24) is 15.5 Å². The van der Waals surface area contributed by atoms with Crippen LogP contribution in [0.15, 0.2) is 39.6 Å². The highest BCUT2D eigenvalue weighted by molar-refractivity contribution is 5.93. The van der Waals surface area contributed by atoms with Crippen molar-refractivity contribution in [2.45, 2.75) is 19.8 Å². The van der Waals surface area contributed by atoms with Crippen molar-refractivity contribution in [2.24, 2.45) is 0 Å². The molecule has 0 aliphatic heterocycles. The quantitative estimate of drug-likeness (QED) is 0.608. The number of H-pyrrole nitrogens is 1. The zero-order valence-electron chi connectivity index (χ0n) is 14.5. The fourth-order valence-electron chi connectivity index (χ4n) is 2.53. The first kappa shape index (κ1) is 18.3. The number of nitrogens with zero attached hydrogens (tertiary/aromatic N) is 1. The molecule has 0 unspecified atom stereocenters. The highest BCUT2D eigenvalue weighted by atomic mass is 19.1. The Labute approximate surface area is 152 Å². The van der Waals surface area contributed by atoms with Crippen molar-refractivity contribution >= 4 is 28.5 Å². The minimum absolute atomic E-state index is 0.0339. The van der Waals surface area contributed by atoms with Gasteiger partial charge in [-0.2, -0.15) is 0 Å². The van der Waals surface area contributed by atoms with Gasteiger partial charge in [-0.25, -0.2) is 4.39 Å². The molecular formula is C18H17FN4O4. The predicted molar refractivity (Wildman–Crippen MR) is 95.7 cm³/mol. The highest BCUT2D eigenvalue weighted by Gasteiger charge is 2.10. The molecule has 9 heteroatoms. The first-order valence-corrected chi connectivity index (χ1v) is 8.22. The summed E-state index contributed by atoms with van der Waals surface area (Å²) in [5.41, 5.74) is 0.430. The molecule has 0 fully saturated rings. The van der Waals surface area contributed by atoms with Crippen LogP contribution in [0.25, 0.3) is 10.9 Å². The fourth-order valence-corrected chi connectivity index (χ4v) is 2.53. The van der Waals surface area contributed by atoms with E-state index in [2.05, 4.69) is 20.8 Å². The molecule has 3 N–H and O–H groups in total. The third-order valence-electron chi connectivity index (χ3n) is 3.85. The average Bonchev–Trinajstić information content (AvgIpc) is 3.03. The lowest BCUT2D eigenvalue weighted by Gasteiger charge is -2.06. The largest absolute Gasteiger partial charge is 0.360 e. The maximum absolute atomic E-state index is 13.2. The highest BCUT2D eigenvalue weighted by Crippen LogP contribution is 2.13. The number of halogens is 1. The Bertz CT molecular complexity index is 1060. The number of rotatable bonds is 6. The third kappa shape index (κ3) is 4.78. The summed E-state index contributed by atoms with van der Waals surface area (Å²) in [6, 6.07) is 7.27. The van der Waals surface area contributed by atoms with E-state index in [0.717, 1.165) is 0 Å². The topological polar surface area (TPSA) is 117 Å². The summed E-state index contributed by atoms with van der Waals surface area (Å²) < 4.78 is 18.0. The lowest BCUT2D eigenvalue weighted by Crippen LogP contribution is -2.33. The summed E-state index contributed by atoms with van der Waals surface area (Å²) in [6.07, 6.45) is 0.227. The van der Waals surface area contributed by atoms with E-state index in [9.17, 15) is 18.8 Å². The van der Waals surface area contributed by atoms with E-state index >= 15 is 0 Å². The van der Waals surface area contributed by atoms with Crippen LogP contribution >= 0.6 is 0 Å². The van der Waals surface area contributed by atoms with E-state index < -0.39 is 11.7 Å². The number of carbonyl (C=O) groups is 2. The summed E-state index contributed by atoms with van der Waals surface area (Å²) in [4.78, 5) is 38.3. The number of hydrogen-bond donors (Lipinski definition) is 3. The number of fused-ring (bicyclic) bond motifs is 1. The maximum atomic E-state index is 13.2. The van der Waals surface area contributed by atoms with Crippen LogP contribution in [0.5, 0.6) is 0 Å². The van der Waals surface area contributed by atoms with Crippen LogP contribution in [0.4, 0.5) is 10.2 Å². The SMILES string of the molecule is Cc1cc(NC(=O)CNC(=O)CCc2cc3ccc(F)cc3[nH]c2=O)no1. The molecule has 2 heterocycles. The molecule has 8 nitrogen and oxygen atoms in total. The van der Waals surface area contributed by atoms with Gasteiger partial charge in [0.1, 0.15) is 11.6 Å². The van der Waals surface area contributed by atoms with E-state index in [4.69, 9.17) is 4.52 Å². The summed E-state index contributed by atoms with van der Waals surface area (Å²) in [5.74, 6) is -0.435. The first-order chi connectivity index (χ1) is 12.9. The number of aromatic amines is 1. The minimum Gasteiger partial charge on any atom is -0.360 e. The lowest BCUT2D eigenvalue weighted by atomic mass is 10.1. The zero-order valence-corrected chi connectivity index (χ0v) is 14.5. The van der Waals surface area contributed by atoms with Crippen molar-refractivity contribution in [1.29, 1.82) is 0 Å². The molecule has 0 aliphatic rings. The summed E-state index contributed by atoms with van der Waals surface area (Å²) >= 11 is 0. The molecule has 2 amide bonds. The van der Waals surface area contributed by atoms with Gasteiger partial charge in [-0.15, -0.1) is 0 Å². The molecule has 0 radical (unpaired) electrons. The first-order valence-electron chi connectivity index (χ1n) is 8.22. The Morgan fingerprint density at radius 3 is 2.78 bits per heavy atom. The standard InChI is InChI=1S/C18H17FN4O4/c1-10-6-15(23-27-10)22-17(25)9-20-16(24)5-3-12-7-11-2-4-13(19)8-14(11)21-18(12)26/h2,4,6-8H,3,5,9H2,1H3,(H,20,24)(H,21,26)(H,22,23,25). The fraction of sp³-hybridized carbons (Fsp3) is 0.222. The van der Waals surface area contributed by atoms with Gasteiger partial charge in [-0.3, -0.25) is 14.4 Å². The summed E-state index contributed by atoms with van der Waals surface area (Å²) in [6.45, 7) is 1.47. The molecule has 0 saturated carbocycles. The molecule has 0 bridgehead atoms. The van der Waals surface area contributed by atoms with Gasteiger partial charge < -0.3 is 20.1 Å². The molecule has 0 atom stereocenters. The molecule has 3 rings (SSSR count). The number of aryl methyl sites for hydroxylation is 2. The molecule has 1 aromatic carbocycles. The number of benzene rings is 1. The van der Waals surface area contributed by atoms with Crippen LogP contribution in [0, 0.1) is 12.7 Å². The van der Waals surface area contributed by atoms with Gasteiger partial charge in [0.15, 0.2) is 5.82 Å². The van der Waals surface area contributed by atoms with E-state index in [0.29, 0.717) is 22.2 Å². The van der Waals surface area contributed by atoms with Crippen molar-refractivity contribution in [3.8, 4) is 0 Å². The van der Waals surface area contributed by atoms with Crippen molar-refractivity contribution in [3.63, 3.8) is 0 Å². The van der Waals surface area contributed by atoms with Crippen LogP contribution in [0.3, 0.4) is 0 Å². The van der Waals surface area contributed by atoms with Gasteiger partial charge >= 0.3 is 0 Å². The number of carbonyl (C=O) groups excluding carboxylic acids is 2. The van der Waals surface area contributed by atoms with E-state index in [-0.39, 0.29) is 36.7 Å². The molecule has 2 aromatic heterocycles. The van der Waals surface area contributed by atoms with Crippen LogP contribution in [-0.2, 0) is 16.0 Å². The average molecular weight is 372 g/mol. The molecule has 140 valence electrons. The molecule has 0 spiro atoms. The smallest absolute Gasteiger partial charge is 0.251 e. The van der Waals surface area contributed by atoms with Gasteiger partial charge in [-0.05, 0) is 43.0 Å². The number of hydrogen-bond acceptors (Lipinski definition) is 5. The number of nitrogens with one attached hydrogen (secondary N) is 3. The van der Waals surface area contributed by atoms with Gasteiger partial charge in [0.05, 0.1) is 12.1 Å². The van der Waals surface area contributed by atoms with Crippen molar-refractivity contribution in [3.05, 3.63) is 57.8 Å². The number of pyridine rings is 1. The maximum Gasteiger partial charge on any atom is 0.251 e. The third-order valence-corrected chi connectivity index (χ3v) is 3.85. The molecular weight excluding hydrogens is 355 g/mol. The van der Waals surface area contributed by atoms with Crippen LogP contribution in [0.2, 0.25) is 0 Å². The van der Waals surface area contributed by atoms with Crippen LogP contribution < -0.4 is 16.2 Å². The minimum atomic E-state index is -0.442. The Kier molecular flexibility index (Phi) is 5.30. The number of amides is 2. The number of aromatic nitrogens is 2. The summed E-state index contributed by atoms with van der Waals surface area (Å²) in [5, 5.41) is 9.25. The molecule has 27 heavy (non-hydrogen) atoms. The lowest BCUT2D eigenvalue weighted by molar-refractivity contribution is -0.124. The van der Waals surface area contributed by atoms with Crippen molar-refractivity contribution in [2.75, 3.05) is 11.9 Å². The molecule has 0 saturated heterocycles. The Hall–Kier alpha value is -3.49.